The van der Waals surface area contributed by atoms with Gasteiger partial charge in [0, 0.05) is 32.6 Å². The number of H-pyrrole nitrogens is 1. The van der Waals surface area contributed by atoms with Gasteiger partial charge in [-0.2, -0.15) is 15.4 Å². The number of nitrogens with zero attached hydrogens (tertiary/aromatic N) is 5. The minimum absolute atomic E-state index is 0.0136. The SMILES string of the molecule is CO[C@@H]1CN(C(=O)c2cn3ccccc3n2)C[C@H]1c1cn[nH]n1. The van der Waals surface area contributed by atoms with Crippen LogP contribution in [-0.2, 0) is 4.74 Å². The van der Waals surface area contributed by atoms with Crippen molar-refractivity contribution in [2.75, 3.05) is 20.2 Å². The first-order valence-corrected chi connectivity index (χ1v) is 7.37. The second-order valence-electron chi connectivity index (χ2n) is 5.58. The lowest BCUT2D eigenvalue weighted by Gasteiger charge is -2.13. The van der Waals surface area contributed by atoms with Gasteiger partial charge in [0.05, 0.1) is 23.9 Å². The lowest BCUT2D eigenvalue weighted by molar-refractivity contribution is 0.0710. The third kappa shape index (κ3) is 2.36. The van der Waals surface area contributed by atoms with Gasteiger partial charge in [-0.3, -0.25) is 4.79 Å². The number of rotatable bonds is 3. The van der Waals surface area contributed by atoms with Crippen molar-refractivity contribution in [3.8, 4) is 0 Å². The molecule has 0 saturated carbocycles. The zero-order valence-electron chi connectivity index (χ0n) is 12.6. The van der Waals surface area contributed by atoms with Gasteiger partial charge in [-0.1, -0.05) is 6.07 Å². The molecule has 0 radical (unpaired) electrons. The largest absolute Gasteiger partial charge is 0.379 e. The Bertz CT molecular complexity index is 794. The number of fused-ring (bicyclic) bond motifs is 1. The first kappa shape index (κ1) is 13.9. The van der Waals surface area contributed by atoms with E-state index >= 15 is 0 Å². The highest BCUT2D eigenvalue weighted by molar-refractivity contribution is 5.93. The lowest BCUT2D eigenvalue weighted by Crippen LogP contribution is -2.30. The summed E-state index contributed by atoms with van der Waals surface area (Å²) in [5.41, 5.74) is 2.00. The summed E-state index contributed by atoms with van der Waals surface area (Å²) in [6, 6.07) is 5.67. The molecule has 0 unspecified atom stereocenters. The van der Waals surface area contributed by atoms with E-state index in [-0.39, 0.29) is 17.9 Å². The number of ether oxygens (including phenoxy) is 1. The van der Waals surface area contributed by atoms with E-state index in [1.165, 1.54) is 0 Å². The summed E-state index contributed by atoms with van der Waals surface area (Å²) in [7, 11) is 1.65. The van der Waals surface area contributed by atoms with Crippen molar-refractivity contribution in [1.82, 2.24) is 29.7 Å². The fourth-order valence-corrected chi connectivity index (χ4v) is 3.05. The van der Waals surface area contributed by atoms with Crippen molar-refractivity contribution < 1.29 is 9.53 Å². The van der Waals surface area contributed by atoms with Gasteiger partial charge < -0.3 is 14.0 Å². The van der Waals surface area contributed by atoms with Crippen LogP contribution in [0.15, 0.2) is 36.8 Å². The lowest BCUT2D eigenvalue weighted by atomic mass is 10.0. The number of carbonyl (C=O) groups excluding carboxylic acids is 1. The number of aromatic amines is 1. The summed E-state index contributed by atoms with van der Waals surface area (Å²) >= 11 is 0. The summed E-state index contributed by atoms with van der Waals surface area (Å²) in [5, 5.41) is 10.6. The normalized spacial score (nSPS) is 21.2. The Morgan fingerprint density at radius 2 is 2.30 bits per heavy atom. The number of carbonyl (C=O) groups is 1. The number of hydrogen-bond acceptors (Lipinski definition) is 5. The van der Waals surface area contributed by atoms with E-state index in [4.69, 9.17) is 4.74 Å². The molecule has 0 spiro atoms. The molecule has 1 aliphatic rings. The Morgan fingerprint density at radius 3 is 3.04 bits per heavy atom. The second kappa shape index (κ2) is 5.47. The standard InChI is InChI=1S/C15H16N6O2/c1-23-13-9-21(7-10(13)11-6-16-19-18-11)15(22)12-8-20-5-3-2-4-14(20)17-12/h2-6,8,10,13H,7,9H2,1H3,(H,16,18,19)/t10-,13+/m0/s1. The van der Waals surface area contributed by atoms with Gasteiger partial charge in [-0.15, -0.1) is 0 Å². The maximum absolute atomic E-state index is 12.7. The van der Waals surface area contributed by atoms with Crippen molar-refractivity contribution in [3.63, 3.8) is 0 Å². The summed E-state index contributed by atoms with van der Waals surface area (Å²) in [5.74, 6) is -0.0820. The Labute approximate surface area is 132 Å². The van der Waals surface area contributed by atoms with E-state index in [9.17, 15) is 4.79 Å². The molecule has 0 aliphatic carbocycles. The second-order valence-corrected chi connectivity index (χ2v) is 5.58. The molecule has 8 nitrogen and oxygen atoms in total. The van der Waals surface area contributed by atoms with Crippen LogP contribution in [0.3, 0.4) is 0 Å². The average Bonchev–Trinajstić information content (AvgIpc) is 3.30. The maximum atomic E-state index is 12.7. The molecule has 1 fully saturated rings. The van der Waals surface area contributed by atoms with E-state index in [2.05, 4.69) is 20.4 Å². The summed E-state index contributed by atoms with van der Waals surface area (Å²) in [4.78, 5) is 18.9. The molecule has 0 aromatic carbocycles. The molecule has 1 amide bonds. The van der Waals surface area contributed by atoms with Crippen molar-refractivity contribution >= 4 is 11.6 Å². The minimum Gasteiger partial charge on any atom is -0.379 e. The van der Waals surface area contributed by atoms with Crippen LogP contribution in [0.25, 0.3) is 5.65 Å². The fraction of sp³-hybridized carbons (Fsp3) is 0.333. The first-order valence-electron chi connectivity index (χ1n) is 7.37. The number of nitrogens with one attached hydrogen (secondary N) is 1. The van der Waals surface area contributed by atoms with Gasteiger partial charge in [-0.25, -0.2) is 4.98 Å². The van der Waals surface area contributed by atoms with Crippen LogP contribution >= 0.6 is 0 Å². The van der Waals surface area contributed by atoms with Gasteiger partial charge in [0.1, 0.15) is 11.3 Å². The molecule has 3 aromatic heterocycles. The van der Waals surface area contributed by atoms with Crippen molar-refractivity contribution in [3.05, 3.63) is 48.2 Å². The Morgan fingerprint density at radius 1 is 1.39 bits per heavy atom. The van der Waals surface area contributed by atoms with Crippen molar-refractivity contribution in [2.24, 2.45) is 0 Å². The average molecular weight is 312 g/mol. The van der Waals surface area contributed by atoms with Gasteiger partial charge in [-0.05, 0) is 12.1 Å². The summed E-state index contributed by atoms with van der Waals surface area (Å²) in [6.45, 7) is 1.05. The van der Waals surface area contributed by atoms with Gasteiger partial charge in [0.2, 0.25) is 0 Å². The van der Waals surface area contributed by atoms with Crippen molar-refractivity contribution in [1.29, 1.82) is 0 Å². The van der Waals surface area contributed by atoms with E-state index in [1.54, 1.807) is 24.4 Å². The number of amides is 1. The summed E-state index contributed by atoms with van der Waals surface area (Å²) < 4.78 is 7.36. The maximum Gasteiger partial charge on any atom is 0.274 e. The van der Waals surface area contributed by atoms with Crippen LogP contribution in [0.1, 0.15) is 22.1 Å². The molecule has 4 rings (SSSR count). The zero-order chi connectivity index (χ0) is 15.8. The number of methoxy groups -OCH3 is 1. The molecule has 1 saturated heterocycles. The Kier molecular flexibility index (Phi) is 3.30. The van der Waals surface area contributed by atoms with E-state index < -0.39 is 0 Å². The molecule has 1 aliphatic heterocycles. The van der Waals surface area contributed by atoms with Crippen LogP contribution in [0.2, 0.25) is 0 Å². The van der Waals surface area contributed by atoms with E-state index in [0.717, 1.165) is 11.3 Å². The number of pyridine rings is 1. The molecule has 118 valence electrons. The Balaban J connectivity index is 1.59. The van der Waals surface area contributed by atoms with E-state index in [1.807, 2.05) is 28.8 Å². The first-order chi connectivity index (χ1) is 11.3. The number of likely N-dealkylation sites (tertiary alicyclic amines) is 1. The third-order valence-corrected chi connectivity index (χ3v) is 4.25. The highest BCUT2D eigenvalue weighted by atomic mass is 16.5. The molecule has 0 bridgehead atoms. The van der Waals surface area contributed by atoms with Crippen LogP contribution in [0, 0.1) is 0 Å². The zero-order valence-corrected chi connectivity index (χ0v) is 12.6. The molecule has 8 heteroatoms. The highest BCUT2D eigenvalue weighted by Gasteiger charge is 2.38. The molecule has 1 N–H and O–H groups in total. The van der Waals surface area contributed by atoms with Gasteiger partial charge >= 0.3 is 0 Å². The molecular formula is C15H16N6O2. The van der Waals surface area contributed by atoms with Crippen LogP contribution in [0.4, 0.5) is 0 Å². The molecule has 23 heavy (non-hydrogen) atoms. The monoisotopic (exact) mass is 312 g/mol. The highest BCUT2D eigenvalue weighted by Crippen LogP contribution is 2.28. The number of aromatic nitrogens is 5. The Hall–Kier alpha value is -2.74. The quantitative estimate of drug-likeness (QED) is 0.769. The molecule has 2 atom stereocenters. The van der Waals surface area contributed by atoms with Crippen molar-refractivity contribution in [2.45, 2.75) is 12.0 Å². The predicted molar refractivity (Wildman–Crippen MR) is 81.0 cm³/mol. The van der Waals surface area contributed by atoms with Gasteiger partial charge in [0.15, 0.2) is 0 Å². The summed E-state index contributed by atoms with van der Waals surface area (Å²) in [6.07, 6.45) is 5.21. The van der Waals surface area contributed by atoms with Crippen LogP contribution in [0.5, 0.6) is 0 Å². The van der Waals surface area contributed by atoms with E-state index in [0.29, 0.717) is 18.8 Å². The molecule has 3 aromatic rings. The number of hydrogen-bond donors (Lipinski definition) is 1. The van der Waals surface area contributed by atoms with Gasteiger partial charge in [0.25, 0.3) is 5.91 Å². The van der Waals surface area contributed by atoms with Crippen LogP contribution < -0.4 is 0 Å². The molecular weight excluding hydrogens is 296 g/mol. The minimum atomic E-state index is -0.0962. The van der Waals surface area contributed by atoms with Crippen LogP contribution in [-0.4, -0.2) is 61.9 Å². The molecule has 4 heterocycles. The fourth-order valence-electron chi connectivity index (χ4n) is 3.05. The predicted octanol–water partition coefficient (Wildman–Crippen LogP) is 0.707. The number of imidazole rings is 1. The smallest absolute Gasteiger partial charge is 0.274 e. The topological polar surface area (TPSA) is 88.4 Å². The third-order valence-electron chi connectivity index (χ3n) is 4.25.